The predicted octanol–water partition coefficient (Wildman–Crippen LogP) is 2.47. The molecule has 1 atom stereocenters. The molecule has 0 aliphatic rings. The summed E-state index contributed by atoms with van der Waals surface area (Å²) in [5.74, 6) is 0.484. The molecule has 0 aliphatic carbocycles. The topological polar surface area (TPSA) is 65.0 Å². The average molecular weight is 308 g/mol. The molecule has 22 heavy (non-hydrogen) atoms. The fraction of sp³-hybridized carbons (Fsp3) is 0.471. The van der Waals surface area contributed by atoms with Crippen LogP contribution in [0.1, 0.15) is 25.8 Å². The standard InChI is InChI=1S/C17H24O5/c1-13(11-22-14(2)18)10-16(19)8-9-21-12-15-4-6-17(20-3)7-5-15/h4-7,10,16,19H,8-9,11-12H2,1-3H3/b13-10+/t16-/m0/s1. The van der Waals surface area contributed by atoms with Crippen molar-refractivity contribution in [2.24, 2.45) is 0 Å². The van der Waals surface area contributed by atoms with Crippen LogP contribution < -0.4 is 4.74 Å². The number of ether oxygens (including phenoxy) is 3. The molecule has 1 N–H and O–H groups in total. The molecule has 1 aromatic rings. The van der Waals surface area contributed by atoms with Gasteiger partial charge in [0.1, 0.15) is 12.4 Å². The second kappa shape index (κ2) is 9.97. The minimum Gasteiger partial charge on any atom is -0.497 e. The van der Waals surface area contributed by atoms with Crippen molar-refractivity contribution in [3.8, 4) is 5.75 Å². The van der Waals surface area contributed by atoms with Crippen molar-refractivity contribution in [3.63, 3.8) is 0 Å². The van der Waals surface area contributed by atoms with Gasteiger partial charge in [0.15, 0.2) is 0 Å². The molecule has 0 fully saturated rings. The van der Waals surface area contributed by atoms with Crippen molar-refractivity contribution in [2.75, 3.05) is 20.3 Å². The normalized spacial score (nSPS) is 12.8. The highest BCUT2D eigenvalue weighted by Gasteiger charge is 2.03. The largest absolute Gasteiger partial charge is 0.497 e. The molecule has 1 rings (SSSR count). The SMILES string of the molecule is COc1ccc(COCC[C@H](O)/C=C(\C)COC(C)=O)cc1. The summed E-state index contributed by atoms with van der Waals surface area (Å²) in [6.45, 7) is 4.32. The minimum atomic E-state index is -0.605. The number of benzene rings is 1. The van der Waals surface area contributed by atoms with Crippen molar-refractivity contribution in [3.05, 3.63) is 41.5 Å². The van der Waals surface area contributed by atoms with E-state index in [0.29, 0.717) is 19.6 Å². The van der Waals surface area contributed by atoms with E-state index in [0.717, 1.165) is 16.9 Å². The van der Waals surface area contributed by atoms with E-state index in [1.807, 2.05) is 31.2 Å². The van der Waals surface area contributed by atoms with Gasteiger partial charge in [0.25, 0.3) is 0 Å². The average Bonchev–Trinajstić information content (AvgIpc) is 2.50. The summed E-state index contributed by atoms with van der Waals surface area (Å²) < 4.78 is 15.5. The fourth-order valence-electron chi connectivity index (χ4n) is 1.79. The van der Waals surface area contributed by atoms with Gasteiger partial charge in [-0.1, -0.05) is 18.2 Å². The van der Waals surface area contributed by atoms with Gasteiger partial charge in [0, 0.05) is 20.0 Å². The summed E-state index contributed by atoms with van der Waals surface area (Å²) >= 11 is 0. The second-order valence-corrected chi connectivity index (χ2v) is 5.05. The molecular weight excluding hydrogens is 284 g/mol. The third-order valence-electron chi connectivity index (χ3n) is 2.97. The number of rotatable bonds is 9. The van der Waals surface area contributed by atoms with E-state index < -0.39 is 6.10 Å². The highest BCUT2D eigenvalue weighted by Crippen LogP contribution is 2.12. The summed E-state index contributed by atoms with van der Waals surface area (Å²) in [7, 11) is 1.63. The van der Waals surface area contributed by atoms with Crippen molar-refractivity contribution < 1.29 is 24.1 Å². The highest BCUT2D eigenvalue weighted by atomic mass is 16.5. The zero-order chi connectivity index (χ0) is 16.4. The highest BCUT2D eigenvalue weighted by molar-refractivity contribution is 5.66. The maximum atomic E-state index is 10.7. The lowest BCUT2D eigenvalue weighted by Crippen LogP contribution is -2.10. The van der Waals surface area contributed by atoms with Gasteiger partial charge in [-0.3, -0.25) is 4.79 Å². The first kappa shape index (κ1) is 18.2. The lowest BCUT2D eigenvalue weighted by Gasteiger charge is -2.09. The molecule has 0 spiro atoms. The molecule has 0 unspecified atom stereocenters. The van der Waals surface area contributed by atoms with Gasteiger partial charge in [0.05, 0.1) is 19.8 Å². The zero-order valence-corrected chi connectivity index (χ0v) is 13.4. The Morgan fingerprint density at radius 2 is 1.95 bits per heavy atom. The lowest BCUT2D eigenvalue weighted by atomic mass is 10.2. The first-order chi connectivity index (χ1) is 10.5. The maximum absolute atomic E-state index is 10.7. The summed E-state index contributed by atoms with van der Waals surface area (Å²) in [5, 5.41) is 9.84. The summed E-state index contributed by atoms with van der Waals surface area (Å²) in [6, 6.07) is 7.65. The number of hydrogen-bond acceptors (Lipinski definition) is 5. The molecular formula is C17H24O5. The van der Waals surface area contributed by atoms with Gasteiger partial charge in [-0.15, -0.1) is 0 Å². The van der Waals surface area contributed by atoms with E-state index in [9.17, 15) is 9.90 Å². The number of carbonyl (C=O) groups excluding carboxylic acids is 1. The van der Waals surface area contributed by atoms with E-state index in [1.165, 1.54) is 6.92 Å². The van der Waals surface area contributed by atoms with E-state index in [-0.39, 0.29) is 12.6 Å². The van der Waals surface area contributed by atoms with Crippen molar-refractivity contribution in [1.29, 1.82) is 0 Å². The van der Waals surface area contributed by atoms with Crippen molar-refractivity contribution >= 4 is 5.97 Å². The predicted molar refractivity (Wildman–Crippen MR) is 83.7 cm³/mol. The van der Waals surface area contributed by atoms with Crippen LogP contribution in [0.25, 0.3) is 0 Å². The van der Waals surface area contributed by atoms with Gasteiger partial charge in [-0.25, -0.2) is 0 Å². The lowest BCUT2D eigenvalue weighted by molar-refractivity contribution is -0.140. The molecule has 0 amide bonds. The Morgan fingerprint density at radius 3 is 2.55 bits per heavy atom. The number of aliphatic hydroxyl groups is 1. The Bertz CT molecular complexity index is 478. The van der Waals surface area contributed by atoms with Gasteiger partial charge in [-0.2, -0.15) is 0 Å². The van der Waals surface area contributed by atoms with Gasteiger partial charge in [0.2, 0.25) is 0 Å². The maximum Gasteiger partial charge on any atom is 0.302 e. The third kappa shape index (κ3) is 7.81. The van der Waals surface area contributed by atoms with Crippen LogP contribution in [-0.2, 0) is 20.9 Å². The molecule has 0 aliphatic heterocycles. The first-order valence-corrected chi connectivity index (χ1v) is 7.20. The summed E-state index contributed by atoms with van der Waals surface area (Å²) in [4.78, 5) is 10.7. The van der Waals surface area contributed by atoms with Crippen molar-refractivity contribution in [2.45, 2.75) is 33.0 Å². The Balaban J connectivity index is 2.22. The minimum absolute atomic E-state index is 0.207. The van der Waals surface area contributed by atoms with Crippen LogP contribution in [0.3, 0.4) is 0 Å². The van der Waals surface area contributed by atoms with Gasteiger partial charge in [-0.05, 0) is 30.2 Å². The molecule has 0 saturated carbocycles. The molecule has 1 aromatic carbocycles. The second-order valence-electron chi connectivity index (χ2n) is 5.05. The number of hydrogen-bond donors (Lipinski definition) is 1. The number of esters is 1. The van der Waals surface area contributed by atoms with Crippen LogP contribution in [0.15, 0.2) is 35.9 Å². The molecule has 0 heterocycles. The van der Waals surface area contributed by atoms with E-state index in [1.54, 1.807) is 13.2 Å². The van der Waals surface area contributed by atoms with Gasteiger partial charge < -0.3 is 19.3 Å². The summed E-state index contributed by atoms with van der Waals surface area (Å²) in [6.07, 6.45) is 1.57. The van der Waals surface area contributed by atoms with E-state index in [4.69, 9.17) is 14.2 Å². The fourth-order valence-corrected chi connectivity index (χ4v) is 1.79. The quantitative estimate of drug-likeness (QED) is 0.431. The molecule has 5 heteroatoms. The van der Waals surface area contributed by atoms with E-state index in [2.05, 4.69) is 0 Å². The molecule has 0 radical (unpaired) electrons. The molecule has 122 valence electrons. The smallest absolute Gasteiger partial charge is 0.302 e. The number of methoxy groups -OCH3 is 1. The Hall–Kier alpha value is -1.85. The molecule has 0 saturated heterocycles. The molecule has 5 nitrogen and oxygen atoms in total. The monoisotopic (exact) mass is 308 g/mol. The van der Waals surface area contributed by atoms with Crippen LogP contribution in [-0.4, -0.2) is 37.5 Å². The zero-order valence-electron chi connectivity index (χ0n) is 13.4. The molecule has 0 bridgehead atoms. The first-order valence-electron chi connectivity index (χ1n) is 7.20. The van der Waals surface area contributed by atoms with Crippen molar-refractivity contribution in [1.82, 2.24) is 0 Å². The van der Waals surface area contributed by atoms with Crippen LogP contribution in [0, 0.1) is 0 Å². The van der Waals surface area contributed by atoms with Crippen LogP contribution in [0.2, 0.25) is 0 Å². The van der Waals surface area contributed by atoms with Gasteiger partial charge >= 0.3 is 5.97 Å². The third-order valence-corrected chi connectivity index (χ3v) is 2.97. The summed E-state index contributed by atoms with van der Waals surface area (Å²) in [5.41, 5.74) is 1.87. The Kier molecular flexibility index (Phi) is 8.25. The van der Waals surface area contributed by atoms with Crippen LogP contribution >= 0.6 is 0 Å². The van der Waals surface area contributed by atoms with Crippen LogP contribution in [0.5, 0.6) is 5.75 Å². The molecule has 0 aromatic heterocycles. The number of carbonyl (C=O) groups is 1. The van der Waals surface area contributed by atoms with E-state index >= 15 is 0 Å². The Morgan fingerprint density at radius 1 is 1.27 bits per heavy atom. The Labute approximate surface area is 131 Å². The number of aliphatic hydroxyl groups excluding tert-OH is 1. The van der Waals surface area contributed by atoms with Crippen LogP contribution in [0.4, 0.5) is 0 Å².